The van der Waals surface area contributed by atoms with Crippen LogP contribution in [0.5, 0.6) is 5.75 Å². The quantitative estimate of drug-likeness (QED) is 0.677. The molecule has 1 rings (SSSR count). The summed E-state index contributed by atoms with van der Waals surface area (Å²) in [5.41, 5.74) is 2.43. The number of phenols is 1. The Morgan fingerprint density at radius 2 is 2.25 bits per heavy atom. The topological polar surface area (TPSA) is 20.2 Å². The van der Waals surface area contributed by atoms with Crippen LogP contribution in [0.2, 0.25) is 0 Å². The van der Waals surface area contributed by atoms with E-state index in [9.17, 15) is 5.11 Å². The van der Waals surface area contributed by atoms with Gasteiger partial charge < -0.3 is 5.11 Å². The van der Waals surface area contributed by atoms with E-state index in [1.54, 1.807) is 6.07 Å². The van der Waals surface area contributed by atoms with Crippen molar-refractivity contribution < 1.29 is 5.11 Å². The van der Waals surface area contributed by atoms with Gasteiger partial charge in [-0.05, 0) is 43.0 Å². The first-order valence-corrected chi connectivity index (χ1v) is 4.13. The molecule has 0 saturated heterocycles. The molecular formula is C11H14O. The highest BCUT2D eigenvalue weighted by Crippen LogP contribution is 2.17. The molecule has 1 N–H and O–H groups in total. The third-order valence-corrected chi connectivity index (χ3v) is 1.95. The minimum atomic E-state index is 0.347. The molecule has 0 radical (unpaired) electrons. The number of rotatable bonds is 3. The van der Waals surface area contributed by atoms with Crippen LogP contribution < -0.4 is 0 Å². The van der Waals surface area contributed by atoms with Gasteiger partial charge in [-0.15, -0.1) is 6.58 Å². The lowest BCUT2D eigenvalue weighted by Gasteiger charge is -2.03. The average Bonchev–Trinajstić information content (AvgIpc) is 2.07. The molecule has 0 aromatic heterocycles. The second-order valence-electron chi connectivity index (χ2n) is 2.94. The number of aromatic hydroxyl groups is 1. The summed E-state index contributed by atoms with van der Waals surface area (Å²) in [5.74, 6) is 0.347. The van der Waals surface area contributed by atoms with Gasteiger partial charge in [-0.3, -0.25) is 0 Å². The molecule has 0 unspecified atom stereocenters. The van der Waals surface area contributed by atoms with Crippen LogP contribution >= 0.6 is 0 Å². The molecule has 0 bridgehead atoms. The van der Waals surface area contributed by atoms with E-state index in [2.05, 4.69) is 13.5 Å². The van der Waals surface area contributed by atoms with Crippen LogP contribution in [-0.4, -0.2) is 5.11 Å². The Morgan fingerprint density at radius 1 is 1.50 bits per heavy atom. The molecule has 1 aromatic rings. The summed E-state index contributed by atoms with van der Waals surface area (Å²) in [5, 5.41) is 9.21. The second kappa shape index (κ2) is 3.96. The summed E-state index contributed by atoms with van der Waals surface area (Å²) in [6, 6.07) is 5.47. The Labute approximate surface area is 73.4 Å². The van der Waals surface area contributed by atoms with Crippen LogP contribution in [0.1, 0.15) is 17.5 Å². The fourth-order valence-electron chi connectivity index (χ4n) is 1.18. The lowest BCUT2D eigenvalue weighted by molar-refractivity contribution is 0.474. The molecule has 1 aromatic carbocycles. The third kappa shape index (κ3) is 2.12. The molecule has 0 heterocycles. The van der Waals surface area contributed by atoms with Crippen molar-refractivity contribution in [3.63, 3.8) is 0 Å². The number of hydrogen-bond donors (Lipinski definition) is 1. The molecule has 0 fully saturated rings. The maximum atomic E-state index is 9.21. The van der Waals surface area contributed by atoms with Gasteiger partial charge in [0.25, 0.3) is 0 Å². The summed E-state index contributed by atoms with van der Waals surface area (Å²) in [7, 11) is 0. The monoisotopic (exact) mass is 162 g/mol. The average molecular weight is 162 g/mol. The minimum absolute atomic E-state index is 0.347. The predicted octanol–water partition coefficient (Wildman–Crippen LogP) is 2.82. The fraction of sp³-hybridized carbons (Fsp3) is 0.273. The first-order valence-electron chi connectivity index (χ1n) is 4.13. The van der Waals surface area contributed by atoms with Crippen LogP contribution in [0.15, 0.2) is 30.9 Å². The largest absolute Gasteiger partial charge is 0.508 e. The van der Waals surface area contributed by atoms with Gasteiger partial charge in [-0.2, -0.15) is 0 Å². The van der Waals surface area contributed by atoms with Gasteiger partial charge >= 0.3 is 0 Å². The summed E-state index contributed by atoms with van der Waals surface area (Å²) in [4.78, 5) is 0. The SMILES string of the molecule is C=CCCc1cc(O)ccc1C. The molecule has 0 aliphatic heterocycles. The zero-order chi connectivity index (χ0) is 8.97. The van der Waals surface area contributed by atoms with Crippen LogP contribution in [0.25, 0.3) is 0 Å². The molecule has 1 heteroatoms. The van der Waals surface area contributed by atoms with Gasteiger partial charge in [0, 0.05) is 0 Å². The van der Waals surface area contributed by atoms with Crippen molar-refractivity contribution in [1.82, 2.24) is 0 Å². The molecule has 12 heavy (non-hydrogen) atoms. The summed E-state index contributed by atoms with van der Waals surface area (Å²) >= 11 is 0. The molecular weight excluding hydrogens is 148 g/mol. The van der Waals surface area contributed by atoms with E-state index in [1.165, 1.54) is 11.1 Å². The van der Waals surface area contributed by atoms with Crippen molar-refractivity contribution in [2.45, 2.75) is 19.8 Å². The van der Waals surface area contributed by atoms with E-state index in [-0.39, 0.29) is 0 Å². The zero-order valence-corrected chi connectivity index (χ0v) is 7.38. The van der Waals surface area contributed by atoms with Gasteiger partial charge in [0.1, 0.15) is 5.75 Å². The first-order chi connectivity index (χ1) is 5.74. The van der Waals surface area contributed by atoms with Crippen molar-refractivity contribution in [3.05, 3.63) is 42.0 Å². The third-order valence-electron chi connectivity index (χ3n) is 1.95. The molecule has 0 aliphatic rings. The van der Waals surface area contributed by atoms with Crippen LogP contribution in [0.4, 0.5) is 0 Å². The van der Waals surface area contributed by atoms with Crippen molar-refractivity contribution in [2.24, 2.45) is 0 Å². The van der Waals surface area contributed by atoms with Gasteiger partial charge in [-0.1, -0.05) is 12.1 Å². The molecule has 0 spiro atoms. The van der Waals surface area contributed by atoms with Gasteiger partial charge in [0.2, 0.25) is 0 Å². The van der Waals surface area contributed by atoms with Crippen molar-refractivity contribution in [2.75, 3.05) is 0 Å². The summed E-state index contributed by atoms with van der Waals surface area (Å²) in [6.45, 7) is 5.72. The van der Waals surface area contributed by atoms with E-state index >= 15 is 0 Å². The number of phenolic OH excluding ortho intramolecular Hbond substituents is 1. The van der Waals surface area contributed by atoms with E-state index in [1.807, 2.05) is 18.2 Å². The van der Waals surface area contributed by atoms with Crippen molar-refractivity contribution in [3.8, 4) is 5.75 Å². The Morgan fingerprint density at radius 3 is 2.92 bits per heavy atom. The molecule has 0 atom stereocenters. The first kappa shape index (κ1) is 8.85. The Kier molecular flexibility index (Phi) is 2.92. The molecule has 1 nitrogen and oxygen atoms in total. The molecule has 0 amide bonds. The fourth-order valence-corrected chi connectivity index (χ4v) is 1.18. The molecule has 0 saturated carbocycles. The Hall–Kier alpha value is -1.24. The molecule has 64 valence electrons. The summed E-state index contributed by atoms with van der Waals surface area (Å²) in [6.07, 6.45) is 3.82. The van der Waals surface area contributed by atoms with Gasteiger partial charge in [0.05, 0.1) is 0 Å². The van der Waals surface area contributed by atoms with Gasteiger partial charge in [-0.25, -0.2) is 0 Å². The number of hydrogen-bond acceptors (Lipinski definition) is 1. The highest BCUT2D eigenvalue weighted by Gasteiger charge is 1.97. The van der Waals surface area contributed by atoms with Crippen molar-refractivity contribution in [1.29, 1.82) is 0 Å². The highest BCUT2D eigenvalue weighted by atomic mass is 16.3. The Bertz CT molecular complexity index is 276. The predicted molar refractivity (Wildman–Crippen MR) is 51.4 cm³/mol. The van der Waals surface area contributed by atoms with Crippen molar-refractivity contribution >= 4 is 0 Å². The van der Waals surface area contributed by atoms with Gasteiger partial charge in [0.15, 0.2) is 0 Å². The van der Waals surface area contributed by atoms with E-state index in [4.69, 9.17) is 0 Å². The standard InChI is InChI=1S/C11H14O/c1-3-4-5-10-8-11(12)7-6-9(10)2/h3,6-8,12H,1,4-5H2,2H3. The Balaban J connectivity index is 2.82. The lowest BCUT2D eigenvalue weighted by Crippen LogP contribution is -1.87. The number of allylic oxidation sites excluding steroid dienone is 1. The highest BCUT2D eigenvalue weighted by molar-refractivity contribution is 5.34. The maximum Gasteiger partial charge on any atom is 0.115 e. The van der Waals surface area contributed by atoms with E-state index < -0.39 is 0 Å². The van der Waals surface area contributed by atoms with E-state index in [0.717, 1.165) is 12.8 Å². The summed E-state index contributed by atoms with van der Waals surface area (Å²) < 4.78 is 0. The smallest absolute Gasteiger partial charge is 0.115 e. The molecule has 0 aliphatic carbocycles. The van der Waals surface area contributed by atoms with Crippen LogP contribution in [-0.2, 0) is 6.42 Å². The zero-order valence-electron chi connectivity index (χ0n) is 7.38. The normalized spacial score (nSPS) is 9.75. The van der Waals surface area contributed by atoms with Crippen LogP contribution in [0, 0.1) is 6.92 Å². The minimum Gasteiger partial charge on any atom is -0.508 e. The van der Waals surface area contributed by atoms with E-state index in [0.29, 0.717) is 5.75 Å². The maximum absolute atomic E-state index is 9.21. The lowest BCUT2D eigenvalue weighted by atomic mass is 10.0. The van der Waals surface area contributed by atoms with Crippen LogP contribution in [0.3, 0.4) is 0 Å². The number of benzene rings is 1. The second-order valence-corrected chi connectivity index (χ2v) is 2.94. The number of aryl methyl sites for hydroxylation is 2.